The van der Waals surface area contributed by atoms with Crippen LogP contribution < -0.4 is 26.4 Å². The molecule has 3 amide bonds. The van der Waals surface area contributed by atoms with Crippen molar-refractivity contribution in [2.45, 2.75) is 77.3 Å². The summed E-state index contributed by atoms with van der Waals surface area (Å²) in [4.78, 5) is 71.1. The van der Waals surface area contributed by atoms with Crippen molar-refractivity contribution in [3.63, 3.8) is 0 Å². The first-order valence-corrected chi connectivity index (χ1v) is 26.4. The Bertz CT molecular complexity index is 3720. The molecule has 0 unspecified atom stereocenters. The number of hydrogen-bond donors (Lipinski definition) is 3. The largest absolute Gasteiger partial charge is 0.424 e. The number of hydrogen-bond acceptors (Lipinski definition) is 12. The number of aryl methyl sites for hydroxylation is 3. The van der Waals surface area contributed by atoms with Crippen LogP contribution in [0.5, 0.6) is 11.8 Å². The molecule has 2 aliphatic carbocycles. The minimum Gasteiger partial charge on any atom is -0.424 e. The molecule has 77 heavy (non-hydrogen) atoms. The number of nitrogen functional groups attached to an aromatic ring is 2. The van der Waals surface area contributed by atoms with E-state index in [9.17, 15) is 14.4 Å². The van der Waals surface area contributed by atoms with Crippen molar-refractivity contribution in [3.05, 3.63) is 139 Å². The van der Waals surface area contributed by atoms with Crippen LogP contribution in [0.2, 0.25) is 0 Å². The van der Waals surface area contributed by atoms with Crippen molar-refractivity contribution >= 4 is 68.4 Å². The van der Waals surface area contributed by atoms with Crippen LogP contribution in [0, 0.1) is 11.8 Å². The van der Waals surface area contributed by atoms with Crippen molar-refractivity contribution in [3.8, 4) is 45.4 Å². The number of aromatic nitrogens is 8. The van der Waals surface area contributed by atoms with Gasteiger partial charge in [-0.05, 0) is 129 Å². The van der Waals surface area contributed by atoms with E-state index in [2.05, 4.69) is 54.0 Å². The number of likely N-dealkylation sites (tertiary alicyclic amines) is 1. The third-order valence-corrected chi connectivity index (χ3v) is 15.8. The van der Waals surface area contributed by atoms with Gasteiger partial charge in [-0.25, -0.2) is 24.9 Å². The Hall–Kier alpha value is -8.99. The summed E-state index contributed by atoms with van der Waals surface area (Å²) in [5, 5.41) is 4.41. The van der Waals surface area contributed by atoms with Gasteiger partial charge in [-0.2, -0.15) is 4.98 Å². The number of rotatable bonds is 14. The Labute approximate surface area is 445 Å². The van der Waals surface area contributed by atoms with Gasteiger partial charge in [-0.1, -0.05) is 55.6 Å². The zero-order valence-corrected chi connectivity index (χ0v) is 43.2. The lowest BCUT2D eigenvalue weighted by Crippen LogP contribution is -2.41. The number of amides is 3. The maximum Gasteiger partial charge on any atom is 0.322 e. The Balaban J connectivity index is 0.828. The van der Waals surface area contributed by atoms with Gasteiger partial charge in [-0.15, -0.1) is 0 Å². The average molecular weight is 1030 g/mol. The molecule has 5 N–H and O–H groups in total. The molecule has 5 aromatic heterocycles. The van der Waals surface area contributed by atoms with E-state index in [1.165, 1.54) is 25.5 Å². The van der Waals surface area contributed by atoms with Gasteiger partial charge in [0, 0.05) is 90.6 Å². The molecule has 0 spiro atoms. The number of allylic oxidation sites excluding steroid dienone is 2. The van der Waals surface area contributed by atoms with Crippen LogP contribution >= 0.6 is 0 Å². The van der Waals surface area contributed by atoms with Crippen LogP contribution in [-0.4, -0.2) is 80.8 Å². The predicted molar refractivity (Wildman–Crippen MR) is 299 cm³/mol. The second kappa shape index (κ2) is 19.9. The molecule has 3 fully saturated rings. The van der Waals surface area contributed by atoms with Gasteiger partial charge < -0.3 is 40.5 Å². The summed E-state index contributed by atoms with van der Waals surface area (Å²) in [6.45, 7) is 11.3. The highest BCUT2D eigenvalue weighted by Crippen LogP contribution is 2.47. The number of nitrogens with zero attached hydrogens (tertiary/aromatic N) is 10. The summed E-state index contributed by atoms with van der Waals surface area (Å²) in [6, 6.07) is 25.8. The highest BCUT2D eigenvalue weighted by Gasteiger charge is 2.42. The molecule has 8 aromatic rings. The van der Waals surface area contributed by atoms with Gasteiger partial charge in [0.1, 0.15) is 41.3 Å². The van der Waals surface area contributed by atoms with Crippen LogP contribution in [0.25, 0.3) is 61.3 Å². The fraction of sp³-hybridized carbons (Fsp3) is 0.283. The van der Waals surface area contributed by atoms with Gasteiger partial charge in [0.2, 0.25) is 5.91 Å². The molecule has 2 atom stereocenters. The van der Waals surface area contributed by atoms with Crippen LogP contribution in [0.4, 0.5) is 23.0 Å². The van der Waals surface area contributed by atoms with Gasteiger partial charge in [0.15, 0.2) is 0 Å². The zero-order chi connectivity index (χ0) is 53.1. The molecule has 4 aliphatic rings. The SMILES string of the molecule is C=C(C)C(=O)Nc1ccc(-c2c(C3=CC[C@H](C(=O)N4CCC[C@H]4C4CC4)CC3)c3c(N)ncnc3n2CCc2ccnc(Oc3ccc(-c4c(-c5ccc(N6CCC(=C)C6=O)cc5)n(C)c5ncnc(N)c45)cc3)n2)cc1. The Morgan fingerprint density at radius 1 is 0.779 bits per heavy atom. The van der Waals surface area contributed by atoms with Crippen LogP contribution in [-0.2, 0) is 34.4 Å². The molecule has 0 radical (unpaired) electrons. The lowest BCUT2D eigenvalue weighted by molar-refractivity contribution is -0.137. The monoisotopic (exact) mass is 1030 g/mol. The third-order valence-electron chi connectivity index (χ3n) is 15.8. The fourth-order valence-corrected chi connectivity index (χ4v) is 11.7. The molecular weight excluding hydrogens is 967 g/mol. The zero-order valence-electron chi connectivity index (χ0n) is 43.2. The van der Waals surface area contributed by atoms with Crippen LogP contribution in [0.3, 0.4) is 0 Å². The van der Waals surface area contributed by atoms with E-state index < -0.39 is 0 Å². The van der Waals surface area contributed by atoms with E-state index in [1.54, 1.807) is 18.0 Å². The van der Waals surface area contributed by atoms with Crippen LogP contribution in [0.15, 0.2) is 128 Å². The fourth-order valence-electron chi connectivity index (χ4n) is 11.7. The number of nitrogens with two attached hydrogens (primary N) is 2. The maximum atomic E-state index is 14.0. The summed E-state index contributed by atoms with van der Waals surface area (Å²) in [5.74, 6) is 1.84. The third kappa shape index (κ3) is 9.14. The summed E-state index contributed by atoms with van der Waals surface area (Å²) in [5.41, 5.74) is 25.4. The lowest BCUT2D eigenvalue weighted by atomic mass is 9.84. The summed E-state index contributed by atoms with van der Waals surface area (Å²) >= 11 is 0. The van der Waals surface area contributed by atoms with E-state index in [4.69, 9.17) is 26.2 Å². The lowest BCUT2D eigenvalue weighted by Gasteiger charge is -2.30. The van der Waals surface area contributed by atoms with E-state index in [-0.39, 0.29) is 29.6 Å². The number of carbonyl (C=O) groups is 3. The Kier molecular flexibility index (Phi) is 12.7. The minimum atomic E-state index is -0.255. The smallest absolute Gasteiger partial charge is 0.322 e. The second-order valence-corrected chi connectivity index (χ2v) is 20.7. The first-order valence-electron chi connectivity index (χ1n) is 26.4. The predicted octanol–water partition coefficient (Wildman–Crippen LogP) is 10.1. The highest BCUT2D eigenvalue weighted by atomic mass is 16.5. The Morgan fingerprint density at radius 3 is 2.14 bits per heavy atom. The van der Waals surface area contributed by atoms with Gasteiger partial charge >= 0.3 is 6.01 Å². The first-order chi connectivity index (χ1) is 37.4. The topological polar surface area (TPSA) is 218 Å². The molecule has 2 saturated heterocycles. The maximum absolute atomic E-state index is 14.0. The summed E-state index contributed by atoms with van der Waals surface area (Å²) < 4.78 is 10.5. The van der Waals surface area contributed by atoms with Gasteiger partial charge in [-0.3, -0.25) is 14.4 Å². The van der Waals surface area contributed by atoms with E-state index in [1.807, 2.05) is 90.5 Å². The molecule has 0 bridgehead atoms. The van der Waals surface area contributed by atoms with E-state index in [0.717, 1.165) is 92.7 Å². The quantitative estimate of drug-likeness (QED) is 0.0867. The Morgan fingerprint density at radius 2 is 1.47 bits per heavy atom. The molecule has 388 valence electrons. The normalized spacial score (nSPS) is 17.6. The number of fused-ring (bicyclic) bond motifs is 2. The molecular formula is C60H59N13O4. The second-order valence-electron chi connectivity index (χ2n) is 20.7. The van der Waals surface area contributed by atoms with Crippen molar-refractivity contribution in [1.29, 1.82) is 0 Å². The van der Waals surface area contributed by atoms with Crippen molar-refractivity contribution in [1.82, 2.24) is 43.9 Å². The number of nitrogens with one attached hydrogen (secondary N) is 1. The van der Waals surface area contributed by atoms with Crippen molar-refractivity contribution in [2.75, 3.05) is 34.8 Å². The van der Waals surface area contributed by atoms with Gasteiger partial charge in [0.05, 0.1) is 22.2 Å². The summed E-state index contributed by atoms with van der Waals surface area (Å²) in [7, 11) is 1.95. The number of carbonyl (C=O) groups excluding carboxylic acids is 3. The van der Waals surface area contributed by atoms with Crippen molar-refractivity contribution in [2.24, 2.45) is 18.9 Å². The molecule has 1 saturated carbocycles. The number of anilines is 4. The summed E-state index contributed by atoms with van der Waals surface area (Å²) in [6.07, 6.45) is 14.7. The standard InChI is InChI=1S/C60H59N13O4/c1-34(2)57(74)68-42-19-13-40(14-20-42)52-48(37-9-11-41(12-10-37)59(76)72-29-5-6-46(72)36-7-8-36)50-54(62)65-33-67-56(50)73(52)31-27-43-25-28-63-60(69-43)77-45-23-17-38(18-24-45)47-49-53(61)64-32-66-55(49)70(4)51(47)39-15-21-44(22-16-39)71-30-26-35(3)58(71)75/h9,13-25,28,32-33,36,41,46H,1,3,5-8,10-12,26-27,29-31H2,2,4H3,(H,68,74)(H2,61,64,66)(H2,62,65,67)/t41-,46-/m0/s1. The van der Waals surface area contributed by atoms with Gasteiger partial charge in [0.25, 0.3) is 11.8 Å². The molecule has 2 aliphatic heterocycles. The molecule has 17 heteroatoms. The van der Waals surface area contributed by atoms with E-state index >= 15 is 0 Å². The average Bonchev–Trinajstić information content (AvgIpc) is 3.97. The minimum absolute atomic E-state index is 0.0516. The van der Waals surface area contributed by atoms with E-state index in [0.29, 0.717) is 96.2 Å². The molecule has 17 nitrogen and oxygen atoms in total. The van der Waals surface area contributed by atoms with Crippen LogP contribution in [0.1, 0.15) is 69.5 Å². The molecule has 12 rings (SSSR count). The molecule has 7 heterocycles. The van der Waals surface area contributed by atoms with Crippen molar-refractivity contribution < 1.29 is 19.1 Å². The number of ether oxygens (including phenoxy) is 1. The highest BCUT2D eigenvalue weighted by molar-refractivity contribution is 6.10. The first kappa shape index (κ1) is 48.9. The molecule has 3 aromatic carbocycles. The number of benzene rings is 3.